The fourth-order valence-corrected chi connectivity index (χ4v) is 3.79. The van der Waals surface area contributed by atoms with Crippen molar-refractivity contribution < 1.29 is 4.79 Å². The van der Waals surface area contributed by atoms with Crippen LogP contribution in [0.25, 0.3) is 5.65 Å². The van der Waals surface area contributed by atoms with E-state index in [1.165, 1.54) is 5.56 Å². The summed E-state index contributed by atoms with van der Waals surface area (Å²) in [6, 6.07) is 12.6. The third kappa shape index (κ3) is 4.01. The molecule has 3 aromatic rings. The Labute approximate surface area is 159 Å². The molecule has 6 heteroatoms. The molecule has 1 fully saturated rings. The maximum absolute atomic E-state index is 12.8. The van der Waals surface area contributed by atoms with E-state index in [2.05, 4.69) is 44.6 Å². The second-order valence-corrected chi connectivity index (χ2v) is 7.21. The molecule has 0 aliphatic carbocycles. The van der Waals surface area contributed by atoms with Gasteiger partial charge in [0, 0.05) is 31.4 Å². The van der Waals surface area contributed by atoms with Crippen LogP contribution in [0, 0.1) is 6.92 Å². The smallest absolute Gasteiger partial charge is 0.254 e. The number of aromatic nitrogens is 3. The van der Waals surface area contributed by atoms with Crippen molar-refractivity contribution in [2.75, 3.05) is 19.6 Å². The molecule has 2 aromatic heterocycles. The zero-order chi connectivity index (χ0) is 18.6. The van der Waals surface area contributed by atoms with Crippen LogP contribution < -0.4 is 5.32 Å². The van der Waals surface area contributed by atoms with E-state index in [-0.39, 0.29) is 11.9 Å². The van der Waals surface area contributed by atoms with Gasteiger partial charge in [-0.05, 0) is 38.3 Å². The molecule has 140 valence electrons. The zero-order valence-electron chi connectivity index (χ0n) is 15.6. The number of hydrogen-bond acceptors (Lipinski definition) is 4. The van der Waals surface area contributed by atoms with Crippen molar-refractivity contribution >= 4 is 11.6 Å². The van der Waals surface area contributed by atoms with Gasteiger partial charge in [-0.1, -0.05) is 30.3 Å². The summed E-state index contributed by atoms with van der Waals surface area (Å²) in [6.45, 7) is 4.92. The number of amides is 1. The third-order valence-electron chi connectivity index (χ3n) is 5.30. The van der Waals surface area contributed by atoms with Gasteiger partial charge in [-0.15, -0.1) is 0 Å². The second kappa shape index (κ2) is 7.88. The minimum absolute atomic E-state index is 0.0627. The van der Waals surface area contributed by atoms with Crippen LogP contribution in [0.5, 0.6) is 0 Å². The highest BCUT2D eigenvalue weighted by Crippen LogP contribution is 2.14. The summed E-state index contributed by atoms with van der Waals surface area (Å²) in [5.74, 6) is -0.0627. The topological polar surface area (TPSA) is 62.5 Å². The molecule has 1 N–H and O–H groups in total. The lowest BCUT2D eigenvalue weighted by Gasteiger charge is -2.33. The summed E-state index contributed by atoms with van der Waals surface area (Å²) < 4.78 is 1.71. The molecule has 0 unspecified atom stereocenters. The number of nitrogens with zero attached hydrogens (tertiary/aromatic N) is 4. The molecular weight excluding hydrogens is 338 g/mol. The molecule has 1 saturated heterocycles. The Kier molecular flexibility index (Phi) is 5.16. The summed E-state index contributed by atoms with van der Waals surface area (Å²) in [7, 11) is 0. The first-order valence-corrected chi connectivity index (χ1v) is 9.57. The lowest BCUT2D eigenvalue weighted by Crippen LogP contribution is -2.48. The highest BCUT2D eigenvalue weighted by Gasteiger charge is 2.23. The van der Waals surface area contributed by atoms with Gasteiger partial charge in [0.2, 0.25) is 0 Å². The van der Waals surface area contributed by atoms with Gasteiger partial charge in [0.1, 0.15) is 0 Å². The largest absolute Gasteiger partial charge is 0.348 e. The minimum atomic E-state index is -0.0627. The molecule has 1 atom stereocenters. The lowest BCUT2D eigenvalue weighted by atomic mass is 10.0. The number of piperidine rings is 1. The van der Waals surface area contributed by atoms with Crippen LogP contribution >= 0.6 is 0 Å². The normalized spacial score (nSPS) is 17.9. The Morgan fingerprint density at radius 2 is 2.11 bits per heavy atom. The van der Waals surface area contributed by atoms with Gasteiger partial charge in [0.25, 0.3) is 5.91 Å². The Balaban J connectivity index is 1.36. The van der Waals surface area contributed by atoms with Crippen LogP contribution in [0.3, 0.4) is 0 Å². The predicted molar refractivity (Wildman–Crippen MR) is 105 cm³/mol. The third-order valence-corrected chi connectivity index (χ3v) is 5.30. The first kappa shape index (κ1) is 17.7. The van der Waals surface area contributed by atoms with Gasteiger partial charge in [-0.2, -0.15) is 5.10 Å². The molecule has 0 radical (unpaired) electrons. The van der Waals surface area contributed by atoms with E-state index < -0.39 is 0 Å². The van der Waals surface area contributed by atoms with Crippen molar-refractivity contribution in [3.63, 3.8) is 0 Å². The van der Waals surface area contributed by atoms with Crippen molar-refractivity contribution in [2.24, 2.45) is 0 Å². The van der Waals surface area contributed by atoms with Crippen molar-refractivity contribution in [2.45, 2.75) is 32.2 Å². The second-order valence-electron chi connectivity index (χ2n) is 7.21. The molecule has 1 aromatic carbocycles. The molecule has 0 bridgehead atoms. The molecule has 1 amide bonds. The minimum Gasteiger partial charge on any atom is -0.348 e. The average Bonchev–Trinajstić information content (AvgIpc) is 3.17. The summed E-state index contributed by atoms with van der Waals surface area (Å²) in [4.78, 5) is 19.5. The summed E-state index contributed by atoms with van der Waals surface area (Å²) in [5.41, 5.74) is 3.53. The van der Waals surface area contributed by atoms with Gasteiger partial charge >= 0.3 is 0 Å². The monoisotopic (exact) mass is 363 g/mol. The number of rotatable bonds is 5. The van der Waals surface area contributed by atoms with Gasteiger partial charge in [0.05, 0.1) is 17.5 Å². The van der Waals surface area contributed by atoms with Gasteiger partial charge < -0.3 is 10.2 Å². The van der Waals surface area contributed by atoms with Crippen LogP contribution in [0.2, 0.25) is 0 Å². The number of carbonyl (C=O) groups is 1. The highest BCUT2D eigenvalue weighted by atomic mass is 16.1. The van der Waals surface area contributed by atoms with Crippen molar-refractivity contribution in [1.82, 2.24) is 24.8 Å². The Bertz CT molecular complexity index is 921. The lowest BCUT2D eigenvalue weighted by molar-refractivity contribution is 0.0902. The van der Waals surface area contributed by atoms with Crippen LogP contribution in [-0.2, 0) is 6.42 Å². The summed E-state index contributed by atoms with van der Waals surface area (Å²) >= 11 is 0. The predicted octanol–water partition coefficient (Wildman–Crippen LogP) is 2.47. The van der Waals surface area contributed by atoms with E-state index in [0.29, 0.717) is 5.56 Å². The number of fused-ring (bicyclic) bond motifs is 1. The number of likely N-dealkylation sites (tertiary alicyclic amines) is 1. The molecule has 1 aliphatic rings. The number of aryl methyl sites for hydroxylation is 1. The standard InChI is InChI=1S/C21H25N5O/c1-16-19(14-22-20-9-11-23-26(16)20)21(27)24-18-8-5-12-25(15-18)13-10-17-6-3-2-4-7-17/h2-4,6-7,9,11,14,18H,5,8,10,12-13,15H2,1H3,(H,24,27)/t18-/m0/s1. The van der Waals surface area contributed by atoms with Crippen LogP contribution in [-0.4, -0.2) is 51.1 Å². The average molecular weight is 363 g/mol. The fourth-order valence-electron chi connectivity index (χ4n) is 3.79. The van der Waals surface area contributed by atoms with Crippen molar-refractivity contribution in [3.8, 4) is 0 Å². The summed E-state index contributed by atoms with van der Waals surface area (Å²) in [6.07, 6.45) is 6.51. The van der Waals surface area contributed by atoms with Crippen LogP contribution in [0.15, 0.2) is 48.8 Å². The maximum Gasteiger partial charge on any atom is 0.254 e. The molecular formula is C21H25N5O. The molecule has 0 spiro atoms. The Morgan fingerprint density at radius 1 is 1.26 bits per heavy atom. The molecule has 4 rings (SSSR count). The Hall–Kier alpha value is -2.73. The first-order valence-electron chi connectivity index (χ1n) is 9.57. The van der Waals surface area contributed by atoms with E-state index >= 15 is 0 Å². The van der Waals surface area contributed by atoms with Crippen LogP contribution in [0.1, 0.15) is 34.5 Å². The van der Waals surface area contributed by atoms with Gasteiger partial charge in [-0.3, -0.25) is 4.79 Å². The number of carbonyl (C=O) groups excluding carboxylic acids is 1. The van der Waals surface area contributed by atoms with Gasteiger partial charge in [0.15, 0.2) is 5.65 Å². The summed E-state index contributed by atoms with van der Waals surface area (Å²) in [5, 5.41) is 7.44. The SMILES string of the molecule is Cc1c(C(=O)N[C@H]2CCCN(CCc3ccccc3)C2)cnc2ccnn12. The van der Waals surface area contributed by atoms with E-state index in [0.717, 1.165) is 50.2 Å². The first-order chi connectivity index (χ1) is 13.2. The van der Waals surface area contributed by atoms with E-state index in [9.17, 15) is 4.79 Å². The molecule has 3 heterocycles. The van der Waals surface area contributed by atoms with Gasteiger partial charge in [-0.25, -0.2) is 9.50 Å². The van der Waals surface area contributed by atoms with E-state index in [4.69, 9.17) is 0 Å². The maximum atomic E-state index is 12.8. The number of nitrogens with one attached hydrogen (secondary N) is 1. The molecule has 1 aliphatic heterocycles. The van der Waals surface area contributed by atoms with E-state index in [1.807, 2.05) is 19.1 Å². The van der Waals surface area contributed by atoms with E-state index in [1.54, 1.807) is 16.9 Å². The molecule has 0 saturated carbocycles. The number of benzene rings is 1. The fraction of sp³-hybridized carbons (Fsp3) is 0.381. The molecule has 6 nitrogen and oxygen atoms in total. The zero-order valence-corrected chi connectivity index (χ0v) is 15.6. The van der Waals surface area contributed by atoms with Crippen molar-refractivity contribution in [3.05, 3.63) is 65.6 Å². The van der Waals surface area contributed by atoms with Crippen molar-refractivity contribution in [1.29, 1.82) is 0 Å². The quantitative estimate of drug-likeness (QED) is 0.756. The molecule has 27 heavy (non-hydrogen) atoms. The highest BCUT2D eigenvalue weighted by molar-refractivity contribution is 5.95. The van der Waals surface area contributed by atoms with Crippen LogP contribution in [0.4, 0.5) is 0 Å². The Morgan fingerprint density at radius 3 is 2.96 bits per heavy atom. The number of hydrogen-bond donors (Lipinski definition) is 1.